The highest BCUT2D eigenvalue weighted by Crippen LogP contribution is 2.17. The fourth-order valence-electron chi connectivity index (χ4n) is 0.689. The zero-order chi connectivity index (χ0) is 6.85. The summed E-state index contributed by atoms with van der Waals surface area (Å²) >= 11 is 0. The first-order chi connectivity index (χ1) is 4.24. The Morgan fingerprint density at radius 1 is 1.80 bits per heavy atom. The number of nitrogens with two attached hydrogens (primary N) is 1. The van der Waals surface area contributed by atoms with Crippen molar-refractivity contribution in [3.05, 3.63) is 0 Å². The maximum Gasteiger partial charge on any atom is 0.219 e. The van der Waals surface area contributed by atoms with Gasteiger partial charge in [-0.3, -0.25) is 4.79 Å². The molecule has 1 aliphatic carbocycles. The van der Waals surface area contributed by atoms with Gasteiger partial charge < -0.3 is 11.1 Å². The Bertz CT molecular complexity index is 129. The zero-order valence-electron chi connectivity index (χ0n) is 5.96. The van der Waals surface area contributed by atoms with Crippen LogP contribution in [0.4, 0.5) is 0 Å². The van der Waals surface area contributed by atoms with Gasteiger partial charge in [-0.1, -0.05) is 6.92 Å². The highest BCUT2D eigenvalue weighted by Gasteiger charge is 2.34. The molecule has 10 heavy (non-hydrogen) atoms. The minimum Gasteiger partial charge on any atom is -0.352 e. The van der Waals surface area contributed by atoms with Gasteiger partial charge in [0.15, 0.2) is 0 Å². The van der Waals surface area contributed by atoms with Crippen LogP contribution in [-0.4, -0.2) is 18.0 Å². The van der Waals surface area contributed by atoms with E-state index < -0.39 is 0 Å². The molecule has 0 spiro atoms. The predicted octanol–water partition coefficient (Wildman–Crippen LogP) is 0.0340. The Labute approximate surface area is 66.8 Å². The number of carbonyl (C=O) groups excluding carboxylic acids is 1. The maximum atomic E-state index is 10.6. The van der Waals surface area contributed by atoms with Crippen LogP contribution in [0.15, 0.2) is 0 Å². The third-order valence-electron chi connectivity index (χ3n) is 1.51. The molecule has 0 bridgehead atoms. The summed E-state index contributed by atoms with van der Waals surface area (Å²) in [5.74, 6) is 0.105. The molecule has 0 aliphatic heterocycles. The number of amides is 1. The summed E-state index contributed by atoms with van der Waals surface area (Å²) in [5.41, 5.74) is 5.45. The van der Waals surface area contributed by atoms with E-state index in [1.165, 1.54) is 0 Å². The summed E-state index contributed by atoms with van der Waals surface area (Å²) in [5, 5.41) is 2.79. The number of carbonyl (C=O) groups is 1. The number of halogens is 1. The molecule has 0 radical (unpaired) electrons. The van der Waals surface area contributed by atoms with E-state index in [1.54, 1.807) is 0 Å². The first-order valence-electron chi connectivity index (χ1n) is 3.29. The lowest BCUT2D eigenvalue weighted by molar-refractivity contribution is -0.120. The number of hydrogen-bond donors (Lipinski definition) is 2. The van der Waals surface area contributed by atoms with E-state index in [2.05, 4.69) is 5.32 Å². The van der Waals surface area contributed by atoms with Crippen molar-refractivity contribution >= 4 is 18.3 Å². The SMILES string of the molecule is CCC(=O)NC1CC1N.Cl. The van der Waals surface area contributed by atoms with Crippen molar-refractivity contribution in [2.45, 2.75) is 31.8 Å². The van der Waals surface area contributed by atoms with Crippen molar-refractivity contribution < 1.29 is 4.79 Å². The molecule has 1 amide bonds. The molecular weight excluding hydrogens is 152 g/mol. The molecular formula is C6H13ClN2O. The fraction of sp³-hybridized carbons (Fsp3) is 0.833. The molecule has 1 saturated carbocycles. The van der Waals surface area contributed by atoms with E-state index >= 15 is 0 Å². The monoisotopic (exact) mass is 164 g/mol. The summed E-state index contributed by atoms with van der Waals surface area (Å²) in [6, 6.07) is 0.498. The molecule has 0 aromatic carbocycles. The molecule has 1 fully saturated rings. The van der Waals surface area contributed by atoms with Crippen LogP contribution in [0.1, 0.15) is 19.8 Å². The van der Waals surface area contributed by atoms with Crippen LogP contribution in [-0.2, 0) is 4.79 Å². The van der Waals surface area contributed by atoms with Gasteiger partial charge in [0, 0.05) is 18.5 Å². The minimum atomic E-state index is 0. The average Bonchev–Trinajstić information content (AvgIpc) is 2.47. The van der Waals surface area contributed by atoms with Crippen LogP contribution in [0, 0.1) is 0 Å². The van der Waals surface area contributed by atoms with Crippen molar-refractivity contribution in [2.24, 2.45) is 5.73 Å². The molecule has 0 aromatic rings. The van der Waals surface area contributed by atoms with Crippen LogP contribution in [0.5, 0.6) is 0 Å². The highest BCUT2D eigenvalue weighted by atomic mass is 35.5. The van der Waals surface area contributed by atoms with Gasteiger partial charge in [-0.05, 0) is 6.42 Å². The highest BCUT2D eigenvalue weighted by molar-refractivity contribution is 5.85. The summed E-state index contributed by atoms with van der Waals surface area (Å²) in [7, 11) is 0. The van der Waals surface area contributed by atoms with Crippen LogP contribution < -0.4 is 11.1 Å². The maximum absolute atomic E-state index is 10.6. The van der Waals surface area contributed by atoms with Crippen LogP contribution in [0.2, 0.25) is 0 Å². The van der Waals surface area contributed by atoms with Gasteiger partial charge in [0.05, 0.1) is 0 Å². The van der Waals surface area contributed by atoms with Crippen molar-refractivity contribution in [2.75, 3.05) is 0 Å². The Balaban J connectivity index is 0.000000810. The summed E-state index contributed by atoms with van der Waals surface area (Å²) in [4.78, 5) is 10.6. The molecule has 0 heterocycles. The van der Waals surface area contributed by atoms with Crippen molar-refractivity contribution in [3.63, 3.8) is 0 Å². The number of nitrogens with one attached hydrogen (secondary N) is 1. The number of rotatable bonds is 2. The van der Waals surface area contributed by atoms with Gasteiger partial charge in [0.1, 0.15) is 0 Å². The summed E-state index contributed by atoms with van der Waals surface area (Å²) < 4.78 is 0. The molecule has 1 aliphatic rings. The van der Waals surface area contributed by atoms with Gasteiger partial charge in [-0.25, -0.2) is 0 Å². The Morgan fingerprint density at radius 2 is 2.30 bits per heavy atom. The first-order valence-corrected chi connectivity index (χ1v) is 3.29. The lowest BCUT2D eigenvalue weighted by Crippen LogP contribution is -2.28. The van der Waals surface area contributed by atoms with E-state index in [9.17, 15) is 4.79 Å². The zero-order valence-corrected chi connectivity index (χ0v) is 6.78. The fourth-order valence-corrected chi connectivity index (χ4v) is 0.689. The topological polar surface area (TPSA) is 55.1 Å². The van der Waals surface area contributed by atoms with E-state index in [-0.39, 0.29) is 30.4 Å². The second-order valence-corrected chi connectivity index (χ2v) is 2.43. The molecule has 3 nitrogen and oxygen atoms in total. The average molecular weight is 165 g/mol. The third kappa shape index (κ3) is 2.54. The lowest BCUT2D eigenvalue weighted by atomic mass is 10.4. The smallest absolute Gasteiger partial charge is 0.219 e. The van der Waals surface area contributed by atoms with Gasteiger partial charge >= 0.3 is 0 Å². The van der Waals surface area contributed by atoms with Crippen molar-refractivity contribution in [1.29, 1.82) is 0 Å². The quantitative estimate of drug-likeness (QED) is 0.606. The molecule has 3 N–H and O–H groups in total. The van der Waals surface area contributed by atoms with E-state index in [0.717, 1.165) is 6.42 Å². The second-order valence-electron chi connectivity index (χ2n) is 2.43. The van der Waals surface area contributed by atoms with Crippen LogP contribution >= 0.6 is 12.4 Å². The molecule has 0 saturated heterocycles. The van der Waals surface area contributed by atoms with Gasteiger partial charge in [-0.2, -0.15) is 0 Å². The molecule has 4 heteroatoms. The Morgan fingerprint density at radius 3 is 2.60 bits per heavy atom. The van der Waals surface area contributed by atoms with Crippen molar-refractivity contribution in [1.82, 2.24) is 5.32 Å². The summed E-state index contributed by atoms with van der Waals surface area (Å²) in [6.45, 7) is 1.84. The standard InChI is InChI=1S/C6H12N2O.ClH/c1-2-6(9)8-5-3-4(5)7;/h4-5H,2-3,7H2,1H3,(H,8,9);1H. The van der Waals surface area contributed by atoms with Crippen LogP contribution in [0.3, 0.4) is 0 Å². The number of hydrogen-bond acceptors (Lipinski definition) is 2. The predicted molar refractivity (Wildman–Crippen MR) is 42.1 cm³/mol. The molecule has 2 atom stereocenters. The third-order valence-corrected chi connectivity index (χ3v) is 1.51. The van der Waals surface area contributed by atoms with E-state index in [4.69, 9.17) is 5.73 Å². The molecule has 0 aromatic heterocycles. The molecule has 2 unspecified atom stereocenters. The van der Waals surface area contributed by atoms with Crippen molar-refractivity contribution in [3.8, 4) is 0 Å². The summed E-state index contributed by atoms with van der Waals surface area (Å²) in [6.07, 6.45) is 1.51. The molecule has 1 rings (SSSR count). The minimum absolute atomic E-state index is 0. The normalized spacial score (nSPS) is 28.6. The van der Waals surface area contributed by atoms with Gasteiger partial charge in [-0.15, -0.1) is 12.4 Å². The Hall–Kier alpha value is -0.280. The second kappa shape index (κ2) is 3.78. The van der Waals surface area contributed by atoms with Gasteiger partial charge in [0.25, 0.3) is 0 Å². The molecule has 60 valence electrons. The van der Waals surface area contributed by atoms with Crippen LogP contribution in [0.25, 0.3) is 0 Å². The van der Waals surface area contributed by atoms with E-state index in [0.29, 0.717) is 6.42 Å². The first kappa shape index (κ1) is 9.72. The van der Waals surface area contributed by atoms with E-state index in [1.807, 2.05) is 6.92 Å². The van der Waals surface area contributed by atoms with Gasteiger partial charge in [0.2, 0.25) is 5.91 Å². The largest absolute Gasteiger partial charge is 0.352 e. The lowest BCUT2D eigenvalue weighted by Gasteiger charge is -1.97. The Kier molecular flexibility index (Phi) is 3.68.